The van der Waals surface area contributed by atoms with Crippen LogP contribution in [0.4, 0.5) is 0 Å². The molecule has 19 heavy (non-hydrogen) atoms. The van der Waals surface area contributed by atoms with Crippen LogP contribution < -0.4 is 0 Å². The van der Waals surface area contributed by atoms with E-state index >= 15 is 0 Å². The Hall–Kier alpha value is -1.78. The van der Waals surface area contributed by atoms with Gasteiger partial charge in [0, 0.05) is 12.8 Å². The fraction of sp³-hybridized carbons (Fsp3) is 0.571. The van der Waals surface area contributed by atoms with Crippen molar-refractivity contribution in [1.82, 2.24) is 0 Å². The molecule has 0 bridgehead atoms. The van der Waals surface area contributed by atoms with Gasteiger partial charge in [-0.3, -0.25) is 9.59 Å². The predicted molar refractivity (Wildman–Crippen MR) is 68.6 cm³/mol. The molecule has 106 valence electrons. The molecule has 0 aromatic carbocycles. The van der Waals surface area contributed by atoms with Crippen LogP contribution in [0.2, 0.25) is 0 Å². The third kappa shape index (κ3) is 6.08. The molecule has 5 nitrogen and oxygen atoms in total. The van der Waals surface area contributed by atoms with Gasteiger partial charge in [0.1, 0.15) is 11.5 Å². The number of esters is 2. The molecule has 0 radical (unpaired) electrons. The molecule has 5 heteroatoms. The Morgan fingerprint density at radius 1 is 0.947 bits per heavy atom. The van der Waals surface area contributed by atoms with Crippen molar-refractivity contribution < 1.29 is 23.5 Å². The second kappa shape index (κ2) is 8.34. The maximum atomic E-state index is 11.2. The van der Waals surface area contributed by atoms with Gasteiger partial charge in [-0.2, -0.15) is 0 Å². The van der Waals surface area contributed by atoms with Crippen LogP contribution in [0.25, 0.3) is 0 Å². The lowest BCUT2D eigenvalue weighted by atomic mass is 10.2. The van der Waals surface area contributed by atoms with E-state index in [1.165, 1.54) is 0 Å². The van der Waals surface area contributed by atoms with Crippen molar-refractivity contribution in [3.63, 3.8) is 0 Å². The normalized spacial score (nSPS) is 10.2. The summed E-state index contributed by atoms with van der Waals surface area (Å²) in [6, 6.07) is 3.64. The molecule has 0 N–H and O–H groups in total. The lowest BCUT2D eigenvalue weighted by Crippen LogP contribution is -2.05. The van der Waals surface area contributed by atoms with Crippen molar-refractivity contribution in [2.75, 3.05) is 13.2 Å². The lowest BCUT2D eigenvalue weighted by Gasteiger charge is -2.00. The minimum Gasteiger partial charge on any atom is -0.466 e. The Morgan fingerprint density at radius 3 is 1.74 bits per heavy atom. The maximum Gasteiger partial charge on any atom is 0.306 e. The van der Waals surface area contributed by atoms with Crippen LogP contribution in [0.1, 0.15) is 38.2 Å². The monoisotopic (exact) mass is 268 g/mol. The SMILES string of the molecule is CCOC(=O)CCc1ccc(CCC(=O)OCC)o1. The molecule has 1 aromatic heterocycles. The highest BCUT2D eigenvalue weighted by Gasteiger charge is 2.08. The van der Waals surface area contributed by atoms with E-state index < -0.39 is 0 Å². The van der Waals surface area contributed by atoms with Gasteiger partial charge in [0.15, 0.2) is 0 Å². The molecule has 0 saturated carbocycles. The zero-order valence-corrected chi connectivity index (χ0v) is 11.4. The average Bonchev–Trinajstić information content (AvgIpc) is 2.83. The van der Waals surface area contributed by atoms with Crippen molar-refractivity contribution >= 4 is 11.9 Å². The number of hydrogen-bond donors (Lipinski definition) is 0. The summed E-state index contributed by atoms with van der Waals surface area (Å²) in [6.45, 7) is 4.33. The average molecular weight is 268 g/mol. The fourth-order valence-corrected chi connectivity index (χ4v) is 1.61. The lowest BCUT2D eigenvalue weighted by molar-refractivity contribution is -0.143. The number of carbonyl (C=O) groups excluding carboxylic acids is 2. The van der Waals surface area contributed by atoms with Gasteiger partial charge in [0.25, 0.3) is 0 Å². The van der Waals surface area contributed by atoms with E-state index in [1.807, 2.05) is 12.1 Å². The minimum atomic E-state index is -0.230. The molecule has 0 aliphatic heterocycles. The number of carbonyl (C=O) groups is 2. The largest absolute Gasteiger partial charge is 0.466 e. The summed E-state index contributed by atoms with van der Waals surface area (Å²) in [6.07, 6.45) is 1.63. The molecule has 0 aliphatic carbocycles. The first-order chi connectivity index (χ1) is 9.15. The summed E-state index contributed by atoms with van der Waals surface area (Å²) in [4.78, 5) is 22.4. The van der Waals surface area contributed by atoms with E-state index in [2.05, 4.69) is 0 Å². The van der Waals surface area contributed by atoms with E-state index in [1.54, 1.807) is 13.8 Å². The van der Waals surface area contributed by atoms with E-state index in [0.29, 0.717) is 38.9 Å². The van der Waals surface area contributed by atoms with Gasteiger partial charge >= 0.3 is 11.9 Å². The standard InChI is InChI=1S/C14H20O5/c1-3-17-13(15)9-7-11-5-6-12(19-11)8-10-14(16)18-4-2/h5-6H,3-4,7-10H2,1-2H3. The first kappa shape index (κ1) is 15.3. The first-order valence-electron chi connectivity index (χ1n) is 6.54. The van der Waals surface area contributed by atoms with Crippen molar-refractivity contribution in [2.45, 2.75) is 39.5 Å². The van der Waals surface area contributed by atoms with Gasteiger partial charge in [-0.25, -0.2) is 0 Å². The molecule has 1 rings (SSSR count). The molecule has 0 unspecified atom stereocenters. The number of ether oxygens (including phenoxy) is 2. The zero-order valence-electron chi connectivity index (χ0n) is 11.4. The van der Waals surface area contributed by atoms with Gasteiger partial charge in [0.05, 0.1) is 26.1 Å². The predicted octanol–water partition coefficient (Wildman–Crippen LogP) is 2.27. The summed E-state index contributed by atoms with van der Waals surface area (Å²) in [5, 5.41) is 0. The highest BCUT2D eigenvalue weighted by Crippen LogP contribution is 2.12. The highest BCUT2D eigenvalue weighted by molar-refractivity contribution is 5.70. The van der Waals surface area contributed by atoms with Crippen LogP contribution in [0.3, 0.4) is 0 Å². The molecule has 0 amide bonds. The number of furan rings is 1. The molecule has 0 aliphatic rings. The minimum absolute atomic E-state index is 0.230. The quantitative estimate of drug-likeness (QED) is 0.677. The van der Waals surface area contributed by atoms with Crippen LogP contribution in [0, 0.1) is 0 Å². The summed E-state index contributed by atoms with van der Waals surface area (Å²) < 4.78 is 15.2. The van der Waals surface area contributed by atoms with Crippen molar-refractivity contribution in [2.24, 2.45) is 0 Å². The number of rotatable bonds is 8. The van der Waals surface area contributed by atoms with Crippen LogP contribution in [0.5, 0.6) is 0 Å². The smallest absolute Gasteiger partial charge is 0.306 e. The zero-order chi connectivity index (χ0) is 14.1. The molecule has 1 heterocycles. The van der Waals surface area contributed by atoms with Gasteiger partial charge in [-0.15, -0.1) is 0 Å². The highest BCUT2D eigenvalue weighted by atomic mass is 16.5. The fourth-order valence-electron chi connectivity index (χ4n) is 1.61. The summed E-state index contributed by atoms with van der Waals surface area (Å²) in [5.74, 6) is 0.998. The molecule has 0 spiro atoms. The van der Waals surface area contributed by atoms with Crippen LogP contribution >= 0.6 is 0 Å². The number of hydrogen-bond acceptors (Lipinski definition) is 5. The third-order valence-corrected chi connectivity index (χ3v) is 2.48. The summed E-state index contributed by atoms with van der Waals surface area (Å²) in [5.41, 5.74) is 0. The Bertz CT molecular complexity index is 371. The van der Waals surface area contributed by atoms with E-state index in [9.17, 15) is 9.59 Å². The topological polar surface area (TPSA) is 65.7 Å². The Kier molecular flexibility index (Phi) is 6.71. The van der Waals surface area contributed by atoms with Gasteiger partial charge in [0.2, 0.25) is 0 Å². The maximum absolute atomic E-state index is 11.2. The Morgan fingerprint density at radius 2 is 1.37 bits per heavy atom. The summed E-state index contributed by atoms with van der Waals surface area (Å²) >= 11 is 0. The van der Waals surface area contributed by atoms with Gasteiger partial charge < -0.3 is 13.9 Å². The van der Waals surface area contributed by atoms with Gasteiger partial charge in [-0.05, 0) is 26.0 Å². The van der Waals surface area contributed by atoms with E-state index in [-0.39, 0.29) is 11.9 Å². The van der Waals surface area contributed by atoms with Crippen molar-refractivity contribution in [3.8, 4) is 0 Å². The van der Waals surface area contributed by atoms with E-state index in [0.717, 1.165) is 11.5 Å². The molecule has 0 fully saturated rings. The first-order valence-corrected chi connectivity index (χ1v) is 6.54. The summed E-state index contributed by atoms with van der Waals surface area (Å²) in [7, 11) is 0. The van der Waals surface area contributed by atoms with E-state index in [4.69, 9.17) is 13.9 Å². The molecule has 1 aromatic rings. The third-order valence-electron chi connectivity index (χ3n) is 2.48. The van der Waals surface area contributed by atoms with Crippen molar-refractivity contribution in [3.05, 3.63) is 23.7 Å². The molecule has 0 saturated heterocycles. The second-order valence-corrected chi connectivity index (χ2v) is 3.98. The van der Waals surface area contributed by atoms with Crippen molar-refractivity contribution in [1.29, 1.82) is 0 Å². The Balaban J connectivity index is 2.32. The van der Waals surface area contributed by atoms with Crippen LogP contribution in [0.15, 0.2) is 16.5 Å². The molecule has 0 atom stereocenters. The van der Waals surface area contributed by atoms with Gasteiger partial charge in [-0.1, -0.05) is 0 Å². The Labute approximate surface area is 112 Å². The second-order valence-electron chi connectivity index (χ2n) is 3.98. The molecular formula is C14H20O5. The van der Waals surface area contributed by atoms with Crippen LogP contribution in [-0.4, -0.2) is 25.2 Å². The van der Waals surface area contributed by atoms with Crippen LogP contribution in [-0.2, 0) is 31.9 Å². The number of aryl methyl sites for hydroxylation is 2. The molecular weight excluding hydrogens is 248 g/mol.